The highest BCUT2D eigenvalue weighted by molar-refractivity contribution is 7.99. The molecular weight excluding hydrogens is 275 g/mol. The maximum absolute atomic E-state index is 10.8. The van der Waals surface area contributed by atoms with E-state index in [4.69, 9.17) is 38.5 Å². The van der Waals surface area contributed by atoms with Gasteiger partial charge in [0.15, 0.2) is 7.85 Å². The van der Waals surface area contributed by atoms with Crippen LogP contribution in [0.3, 0.4) is 0 Å². The number of thioether (sulfide) groups is 1. The molecule has 6 N–H and O–H groups in total. The Kier molecular flexibility index (Phi) is 4.61. The lowest BCUT2D eigenvalue weighted by Crippen LogP contribution is -2.31. The van der Waals surface area contributed by atoms with Gasteiger partial charge >= 0.3 is 11.9 Å². The van der Waals surface area contributed by atoms with E-state index < -0.39 is 28.9 Å². The number of benzene rings is 1. The van der Waals surface area contributed by atoms with Crippen molar-refractivity contribution in [2.45, 2.75) is 16.6 Å². The van der Waals surface area contributed by atoms with Crippen LogP contribution < -0.4 is 0 Å². The summed E-state index contributed by atoms with van der Waals surface area (Å²) in [6.45, 7) is 0. The third-order valence-corrected chi connectivity index (χ3v) is 3.25. The van der Waals surface area contributed by atoms with Crippen molar-refractivity contribution in [3.63, 3.8) is 0 Å². The first-order valence-electron chi connectivity index (χ1n) is 4.92. The third-order valence-electron chi connectivity index (χ3n) is 2.03. The van der Waals surface area contributed by atoms with Gasteiger partial charge in [-0.05, 0) is 18.2 Å². The van der Waals surface area contributed by atoms with Gasteiger partial charge in [0.05, 0.1) is 11.1 Å². The fraction of sp³-hybridized carbons (Fsp3) is 0.300. The van der Waals surface area contributed by atoms with Crippen LogP contribution in [0.5, 0.6) is 0 Å². The van der Waals surface area contributed by atoms with Gasteiger partial charge < -0.3 is 30.6 Å². The Morgan fingerprint density at radius 1 is 1.21 bits per heavy atom. The average Bonchev–Trinajstić information content (AvgIpc) is 2.23. The van der Waals surface area contributed by atoms with Crippen LogP contribution in [-0.4, -0.2) is 55.9 Å². The second kappa shape index (κ2) is 5.49. The molecule has 102 valence electrons. The number of carboxylic acid groups (broad SMARTS) is 1. The highest BCUT2D eigenvalue weighted by Crippen LogP contribution is 2.31. The molecule has 1 aromatic rings. The predicted octanol–water partition coefficient (Wildman–Crippen LogP) is -1.63. The molecule has 7 nitrogen and oxygen atoms in total. The van der Waals surface area contributed by atoms with Crippen LogP contribution in [0.15, 0.2) is 23.1 Å². The molecule has 9 heteroatoms. The Hall–Kier alpha value is -1.10. The van der Waals surface area contributed by atoms with Crippen LogP contribution in [0.25, 0.3) is 0 Å². The Balaban J connectivity index is 3.15. The zero-order valence-electron chi connectivity index (χ0n) is 9.52. The van der Waals surface area contributed by atoms with E-state index in [1.165, 1.54) is 0 Å². The van der Waals surface area contributed by atoms with Crippen molar-refractivity contribution in [2.75, 3.05) is 5.75 Å². The molecule has 0 aliphatic heterocycles. The molecule has 0 saturated carbocycles. The molecule has 0 saturated heterocycles. The molecule has 2 radical (unpaired) electrons. The fourth-order valence-electron chi connectivity index (χ4n) is 1.24. The molecule has 0 aliphatic rings. The van der Waals surface area contributed by atoms with Crippen molar-refractivity contribution in [2.24, 2.45) is 0 Å². The van der Waals surface area contributed by atoms with E-state index >= 15 is 0 Å². The lowest BCUT2D eigenvalue weighted by molar-refractivity contribution is -0.325. The minimum Gasteiger partial charge on any atom is -0.478 e. The van der Waals surface area contributed by atoms with Gasteiger partial charge in [-0.15, -0.1) is 11.8 Å². The minimum atomic E-state index is -3.18. The summed E-state index contributed by atoms with van der Waals surface area (Å²) >= 11 is 0.644. The van der Waals surface area contributed by atoms with E-state index in [1.807, 2.05) is 0 Å². The first-order valence-corrected chi connectivity index (χ1v) is 5.90. The van der Waals surface area contributed by atoms with E-state index in [1.54, 1.807) is 0 Å². The van der Waals surface area contributed by atoms with Gasteiger partial charge in [0.1, 0.15) is 5.69 Å². The first-order chi connectivity index (χ1) is 8.50. The fourth-order valence-corrected chi connectivity index (χ4v) is 2.17. The summed E-state index contributed by atoms with van der Waals surface area (Å²) in [5.74, 6) is -4.92. The molecule has 0 heterocycles. The van der Waals surface area contributed by atoms with E-state index in [9.17, 15) is 4.79 Å². The van der Waals surface area contributed by atoms with Crippen molar-refractivity contribution in [1.82, 2.24) is 0 Å². The van der Waals surface area contributed by atoms with Gasteiger partial charge in [0.2, 0.25) is 0 Å². The third kappa shape index (κ3) is 4.82. The number of aliphatic hydroxyl groups is 5. The van der Waals surface area contributed by atoms with Crippen LogP contribution in [0, 0.1) is 0 Å². The molecule has 19 heavy (non-hydrogen) atoms. The summed E-state index contributed by atoms with van der Waals surface area (Å²) in [4.78, 5) is 10.7. The van der Waals surface area contributed by atoms with Crippen molar-refractivity contribution in [1.29, 1.82) is 0 Å². The zero-order valence-corrected chi connectivity index (χ0v) is 10.3. The van der Waals surface area contributed by atoms with E-state index in [0.717, 1.165) is 18.2 Å². The first kappa shape index (κ1) is 16.0. The van der Waals surface area contributed by atoms with Crippen LogP contribution >= 0.6 is 11.8 Å². The summed E-state index contributed by atoms with van der Waals surface area (Å²) in [6, 6.07) is 3.11. The smallest absolute Gasteiger partial charge is 0.335 e. The average molecular weight is 286 g/mol. The standard InChI is InChI=1S/C10H11BO7S/c11-9(14,15)4-19-7-3-5(8(12)13)1-2-6(7)10(16,17)18/h1-3,14-18H,4H2,(H,12,13). The van der Waals surface area contributed by atoms with Crippen LogP contribution in [0.2, 0.25) is 0 Å². The zero-order chi connectivity index (χ0) is 14.8. The Morgan fingerprint density at radius 3 is 2.21 bits per heavy atom. The van der Waals surface area contributed by atoms with Gasteiger partial charge in [-0.1, -0.05) is 0 Å². The largest absolute Gasteiger partial charge is 0.478 e. The van der Waals surface area contributed by atoms with E-state index in [-0.39, 0.29) is 10.5 Å². The molecule has 0 unspecified atom stereocenters. The topological polar surface area (TPSA) is 138 Å². The molecule has 0 amide bonds. The molecule has 0 fully saturated rings. The molecule has 0 spiro atoms. The van der Waals surface area contributed by atoms with Gasteiger partial charge in [-0.2, -0.15) is 0 Å². The highest BCUT2D eigenvalue weighted by Gasteiger charge is 2.27. The van der Waals surface area contributed by atoms with Gasteiger partial charge in [-0.3, -0.25) is 0 Å². The van der Waals surface area contributed by atoms with Crippen molar-refractivity contribution < 1.29 is 35.4 Å². The van der Waals surface area contributed by atoms with E-state index in [2.05, 4.69) is 0 Å². The normalized spacial score (nSPS) is 12.5. The van der Waals surface area contributed by atoms with Crippen LogP contribution in [-0.2, 0) is 5.97 Å². The molecule has 0 atom stereocenters. The molecule has 1 aromatic carbocycles. The number of carbonyl (C=O) groups is 1. The van der Waals surface area contributed by atoms with Gasteiger partial charge in [-0.25, -0.2) is 4.79 Å². The highest BCUT2D eigenvalue weighted by atomic mass is 32.2. The summed E-state index contributed by atoms with van der Waals surface area (Å²) in [6.07, 6.45) is 0. The maximum atomic E-state index is 10.8. The number of aromatic carboxylic acids is 1. The summed E-state index contributed by atoms with van der Waals surface area (Å²) in [5, 5.41) is 54.1. The van der Waals surface area contributed by atoms with E-state index in [0.29, 0.717) is 11.8 Å². The predicted molar refractivity (Wildman–Crippen MR) is 65.4 cm³/mol. The quantitative estimate of drug-likeness (QED) is 0.215. The second-order valence-corrected chi connectivity index (χ2v) is 4.84. The Morgan fingerprint density at radius 2 is 1.79 bits per heavy atom. The van der Waals surface area contributed by atoms with Gasteiger partial charge in [0.25, 0.3) is 0 Å². The SMILES string of the molecule is [B]C(O)(O)CSc1cc(C(=O)O)ccc1C(O)(O)O. The number of carboxylic acids is 1. The molecule has 0 aromatic heterocycles. The lowest BCUT2D eigenvalue weighted by atomic mass is 9.98. The summed E-state index contributed by atoms with van der Waals surface area (Å²) in [5.41, 5.74) is -3.09. The maximum Gasteiger partial charge on any atom is 0.335 e. The van der Waals surface area contributed by atoms with Crippen molar-refractivity contribution in [3.8, 4) is 0 Å². The summed E-state index contributed by atoms with van der Waals surface area (Å²) < 4.78 is 0. The lowest BCUT2D eigenvalue weighted by Gasteiger charge is -2.21. The number of rotatable bonds is 5. The second-order valence-electron chi connectivity index (χ2n) is 3.82. The van der Waals surface area contributed by atoms with Gasteiger partial charge in [0, 0.05) is 10.6 Å². The number of hydrogen-bond donors (Lipinski definition) is 6. The van der Waals surface area contributed by atoms with Crippen LogP contribution in [0.4, 0.5) is 0 Å². The molecular formula is C10H11BO7S. The molecule has 0 bridgehead atoms. The number of hydrogen-bond acceptors (Lipinski definition) is 7. The minimum absolute atomic E-state index is 0.0645. The Bertz CT molecular complexity index is 478. The Labute approximate surface area is 113 Å². The van der Waals surface area contributed by atoms with Crippen molar-refractivity contribution in [3.05, 3.63) is 29.3 Å². The van der Waals surface area contributed by atoms with Crippen molar-refractivity contribution >= 4 is 25.6 Å². The molecule has 0 aliphatic carbocycles. The monoisotopic (exact) mass is 286 g/mol. The van der Waals surface area contributed by atoms with Crippen LogP contribution in [0.1, 0.15) is 15.9 Å². The molecule has 1 rings (SSSR count). The summed E-state index contributed by atoms with van der Waals surface area (Å²) in [7, 11) is 4.93.